The van der Waals surface area contributed by atoms with Crippen LogP contribution in [0.2, 0.25) is 0 Å². The molecule has 0 radical (unpaired) electrons. The van der Waals surface area contributed by atoms with E-state index in [2.05, 4.69) is 10.6 Å². The first kappa shape index (κ1) is 18.4. The summed E-state index contributed by atoms with van der Waals surface area (Å²) in [5.74, 6) is 2.27. The molecule has 0 atom stereocenters. The van der Waals surface area contributed by atoms with Crippen LogP contribution in [0.4, 0.5) is 4.79 Å². The summed E-state index contributed by atoms with van der Waals surface area (Å²) in [6, 6.07) is 14.8. The largest absolute Gasteiger partial charge is 0.497 e. The molecule has 0 unspecified atom stereocenters. The topological polar surface area (TPSA) is 68.8 Å². The summed E-state index contributed by atoms with van der Waals surface area (Å²) in [4.78, 5) is 11.7. The minimum Gasteiger partial charge on any atom is -0.497 e. The molecule has 2 aromatic carbocycles. The van der Waals surface area contributed by atoms with Gasteiger partial charge in [0.1, 0.15) is 17.2 Å². The van der Waals surface area contributed by atoms with E-state index in [0.717, 1.165) is 23.5 Å². The van der Waals surface area contributed by atoms with E-state index in [-0.39, 0.29) is 12.8 Å². The zero-order valence-electron chi connectivity index (χ0n) is 14.6. The molecule has 6 heteroatoms. The number of carbonyl (C=O) groups is 1. The number of methoxy groups -OCH3 is 1. The van der Waals surface area contributed by atoms with Crippen LogP contribution in [0.25, 0.3) is 0 Å². The molecule has 0 fully saturated rings. The fourth-order valence-corrected chi connectivity index (χ4v) is 2.19. The van der Waals surface area contributed by atoms with E-state index in [1.54, 1.807) is 19.2 Å². The number of carbonyl (C=O) groups excluding carboxylic acids is 1. The number of amides is 2. The summed E-state index contributed by atoms with van der Waals surface area (Å²) < 4.78 is 16.0. The molecule has 0 saturated heterocycles. The minimum absolute atomic E-state index is 0.0962. The number of ether oxygens (including phenoxy) is 3. The van der Waals surface area contributed by atoms with Gasteiger partial charge in [0.15, 0.2) is 6.73 Å². The summed E-state index contributed by atoms with van der Waals surface area (Å²) in [6.45, 7) is 3.18. The predicted molar refractivity (Wildman–Crippen MR) is 96.3 cm³/mol. The third-order valence-corrected chi connectivity index (χ3v) is 3.44. The Hall–Kier alpha value is -2.89. The van der Waals surface area contributed by atoms with Crippen LogP contribution in [0, 0.1) is 0 Å². The van der Waals surface area contributed by atoms with E-state index in [1.165, 1.54) is 0 Å². The van der Waals surface area contributed by atoms with Crippen molar-refractivity contribution in [2.75, 3.05) is 27.0 Å². The van der Waals surface area contributed by atoms with Crippen LogP contribution >= 0.6 is 0 Å². The molecule has 134 valence electrons. The Balaban J connectivity index is 1.63. The van der Waals surface area contributed by atoms with Gasteiger partial charge in [-0.3, -0.25) is 0 Å². The van der Waals surface area contributed by atoms with E-state index in [0.29, 0.717) is 18.9 Å². The van der Waals surface area contributed by atoms with Gasteiger partial charge in [-0.25, -0.2) is 4.79 Å². The van der Waals surface area contributed by atoms with Crippen molar-refractivity contribution in [3.63, 3.8) is 0 Å². The highest BCUT2D eigenvalue weighted by atomic mass is 16.5. The monoisotopic (exact) mass is 344 g/mol. The van der Waals surface area contributed by atoms with E-state index in [9.17, 15) is 4.79 Å². The van der Waals surface area contributed by atoms with Crippen LogP contribution in [0.1, 0.15) is 12.5 Å². The van der Waals surface area contributed by atoms with Gasteiger partial charge >= 0.3 is 6.03 Å². The van der Waals surface area contributed by atoms with Gasteiger partial charge in [-0.05, 0) is 55.3 Å². The third kappa shape index (κ3) is 6.63. The third-order valence-electron chi connectivity index (χ3n) is 3.44. The SMILES string of the molecule is CCOc1ccc(OCNC(=O)NCCc2cccc(OC)c2)cc1. The Bertz CT molecular complexity index is 659. The van der Waals surface area contributed by atoms with Crippen molar-refractivity contribution in [2.45, 2.75) is 13.3 Å². The van der Waals surface area contributed by atoms with Gasteiger partial charge in [0.05, 0.1) is 13.7 Å². The van der Waals surface area contributed by atoms with Gasteiger partial charge in [-0.15, -0.1) is 0 Å². The molecule has 0 aliphatic rings. The lowest BCUT2D eigenvalue weighted by Gasteiger charge is -2.10. The minimum atomic E-state index is -0.270. The molecule has 0 aromatic heterocycles. The summed E-state index contributed by atoms with van der Waals surface area (Å²) >= 11 is 0. The van der Waals surface area contributed by atoms with Gasteiger partial charge < -0.3 is 24.8 Å². The lowest BCUT2D eigenvalue weighted by molar-refractivity contribution is 0.224. The zero-order valence-corrected chi connectivity index (χ0v) is 14.6. The average Bonchev–Trinajstić information content (AvgIpc) is 2.63. The second-order valence-electron chi connectivity index (χ2n) is 5.23. The highest BCUT2D eigenvalue weighted by molar-refractivity contribution is 5.73. The smallest absolute Gasteiger partial charge is 0.317 e. The van der Waals surface area contributed by atoms with Crippen molar-refractivity contribution in [3.05, 3.63) is 54.1 Å². The summed E-state index contributed by atoms with van der Waals surface area (Å²) in [7, 11) is 1.63. The molecule has 0 spiro atoms. The maximum Gasteiger partial charge on any atom is 0.317 e. The molecular weight excluding hydrogens is 320 g/mol. The van der Waals surface area contributed by atoms with Crippen molar-refractivity contribution in [2.24, 2.45) is 0 Å². The maximum atomic E-state index is 11.7. The molecule has 6 nitrogen and oxygen atoms in total. The molecule has 0 saturated carbocycles. The fourth-order valence-electron chi connectivity index (χ4n) is 2.19. The molecule has 0 bridgehead atoms. The Labute approximate surface area is 148 Å². The van der Waals surface area contributed by atoms with E-state index in [4.69, 9.17) is 14.2 Å². The van der Waals surface area contributed by atoms with Crippen molar-refractivity contribution < 1.29 is 19.0 Å². The number of urea groups is 1. The number of hydrogen-bond donors (Lipinski definition) is 2. The molecular formula is C19H24N2O4. The first-order valence-electron chi connectivity index (χ1n) is 8.21. The molecule has 2 aromatic rings. The average molecular weight is 344 g/mol. The van der Waals surface area contributed by atoms with Gasteiger partial charge in [0.25, 0.3) is 0 Å². The quantitative estimate of drug-likeness (QED) is 0.686. The highest BCUT2D eigenvalue weighted by Crippen LogP contribution is 2.17. The highest BCUT2D eigenvalue weighted by Gasteiger charge is 2.01. The number of nitrogens with one attached hydrogen (secondary N) is 2. The van der Waals surface area contributed by atoms with Gasteiger partial charge in [0.2, 0.25) is 0 Å². The Morgan fingerprint density at radius 1 is 0.960 bits per heavy atom. The molecule has 0 heterocycles. The summed E-state index contributed by atoms with van der Waals surface area (Å²) in [6.07, 6.45) is 0.727. The van der Waals surface area contributed by atoms with Crippen LogP contribution in [-0.2, 0) is 6.42 Å². The van der Waals surface area contributed by atoms with Gasteiger partial charge in [-0.1, -0.05) is 12.1 Å². The van der Waals surface area contributed by atoms with Crippen LogP contribution in [0.15, 0.2) is 48.5 Å². The summed E-state index contributed by atoms with van der Waals surface area (Å²) in [5.41, 5.74) is 1.10. The standard InChI is InChI=1S/C19H24N2O4/c1-3-24-16-7-9-17(10-8-16)25-14-21-19(22)20-12-11-15-5-4-6-18(13-15)23-2/h4-10,13H,3,11-12,14H2,1-2H3,(H2,20,21,22). The van der Waals surface area contributed by atoms with Crippen LogP contribution in [0.3, 0.4) is 0 Å². The Kier molecular flexibility index (Phi) is 7.43. The number of hydrogen-bond acceptors (Lipinski definition) is 4. The summed E-state index contributed by atoms with van der Waals surface area (Å²) in [5, 5.41) is 5.44. The molecule has 2 N–H and O–H groups in total. The van der Waals surface area contributed by atoms with Crippen molar-refractivity contribution >= 4 is 6.03 Å². The second-order valence-corrected chi connectivity index (χ2v) is 5.23. The predicted octanol–water partition coefficient (Wildman–Crippen LogP) is 2.97. The normalized spacial score (nSPS) is 10.0. The Morgan fingerprint density at radius 2 is 1.68 bits per heavy atom. The molecule has 2 rings (SSSR count). The number of benzene rings is 2. The molecule has 2 amide bonds. The van der Waals surface area contributed by atoms with Crippen molar-refractivity contribution in [1.82, 2.24) is 10.6 Å². The number of rotatable bonds is 9. The van der Waals surface area contributed by atoms with E-state index >= 15 is 0 Å². The second kappa shape index (κ2) is 10.1. The van der Waals surface area contributed by atoms with Gasteiger partial charge in [-0.2, -0.15) is 0 Å². The Morgan fingerprint density at radius 3 is 2.36 bits per heavy atom. The lowest BCUT2D eigenvalue weighted by Crippen LogP contribution is -2.38. The van der Waals surface area contributed by atoms with E-state index in [1.807, 2.05) is 43.3 Å². The van der Waals surface area contributed by atoms with Crippen LogP contribution in [-0.4, -0.2) is 33.0 Å². The lowest BCUT2D eigenvalue weighted by atomic mass is 10.1. The first-order valence-corrected chi connectivity index (χ1v) is 8.21. The first-order chi connectivity index (χ1) is 12.2. The van der Waals surface area contributed by atoms with Gasteiger partial charge in [0, 0.05) is 6.54 Å². The molecule has 0 aliphatic heterocycles. The van der Waals surface area contributed by atoms with Crippen molar-refractivity contribution in [3.8, 4) is 17.2 Å². The fraction of sp³-hybridized carbons (Fsp3) is 0.316. The van der Waals surface area contributed by atoms with Crippen molar-refractivity contribution in [1.29, 1.82) is 0 Å². The van der Waals surface area contributed by atoms with E-state index < -0.39 is 0 Å². The van der Waals surface area contributed by atoms with Crippen LogP contribution < -0.4 is 24.8 Å². The molecule has 25 heavy (non-hydrogen) atoms. The molecule has 0 aliphatic carbocycles. The zero-order chi connectivity index (χ0) is 17.9. The maximum absolute atomic E-state index is 11.7. The van der Waals surface area contributed by atoms with Crippen LogP contribution in [0.5, 0.6) is 17.2 Å².